The number of hydrogen-bond donors (Lipinski definition) is 0. The summed E-state index contributed by atoms with van der Waals surface area (Å²) in [5.74, 6) is 2.76. The van der Waals surface area contributed by atoms with Crippen molar-refractivity contribution < 1.29 is 110 Å². The summed E-state index contributed by atoms with van der Waals surface area (Å²) in [4.78, 5) is 22.3. The van der Waals surface area contributed by atoms with Crippen molar-refractivity contribution in [2.75, 3.05) is 0 Å². The monoisotopic (exact) mass is 954 g/mol. The van der Waals surface area contributed by atoms with Gasteiger partial charge >= 0.3 is 0 Å². The van der Waals surface area contributed by atoms with Crippen molar-refractivity contribution in [2.24, 2.45) is 46.3 Å². The van der Waals surface area contributed by atoms with Gasteiger partial charge in [-0.1, -0.05) is 0 Å². The minimum atomic E-state index is -0.758. The van der Waals surface area contributed by atoms with Gasteiger partial charge in [0.25, 0.3) is 0 Å². The number of carbonyl (C=O) groups is 2. The van der Waals surface area contributed by atoms with Crippen LogP contribution in [0.25, 0.3) is 0 Å². The van der Waals surface area contributed by atoms with Crippen LogP contribution in [0, 0.1) is 69.0 Å². The third-order valence-electron chi connectivity index (χ3n) is 8.94. The van der Waals surface area contributed by atoms with E-state index in [4.69, 9.17) is 10.5 Å². The smallest absolute Gasteiger partial charge is 0.0587 e. The second-order valence-corrected chi connectivity index (χ2v) is 11.4. The van der Waals surface area contributed by atoms with Crippen LogP contribution in [0.2, 0.25) is 0 Å². The van der Waals surface area contributed by atoms with Crippen molar-refractivity contribution in [3.8, 4) is 12.1 Å². The van der Waals surface area contributed by atoms with Crippen LogP contribution < -0.4 is 59.8 Å². The summed E-state index contributed by atoms with van der Waals surface area (Å²) in [5, 5.41) is 36.9. The van der Waals surface area contributed by atoms with Gasteiger partial charge in [-0.3, -0.25) is 0 Å². The van der Waals surface area contributed by atoms with E-state index in [2.05, 4.69) is 0 Å². The van der Waals surface area contributed by atoms with E-state index in [0.29, 0.717) is 35.5 Å². The van der Waals surface area contributed by atoms with Crippen LogP contribution in [-0.4, -0.2) is 11.9 Å². The molecule has 8 aliphatic carbocycles. The normalized spacial score (nSPS) is 36.3. The standard InChI is InChI=1S/2C11H16O2.2C2H3N.4ClH.2Re/c2*12-10(13)11-4-7-1-8(5-11)3-9(2-7)6-11;2*1-2-3;;;;;;/h2*7-9H,1-6H2,(H,12,13);2*1H3;4*1H;;/p-6. The maximum atomic E-state index is 11.1. The minimum Gasteiger partial charge on any atom is -1.00 e. The maximum absolute atomic E-state index is 11.1. The van der Waals surface area contributed by atoms with Crippen LogP contribution in [0.1, 0.15) is 90.9 Å². The summed E-state index contributed by atoms with van der Waals surface area (Å²) < 4.78 is 0. The number of rotatable bonds is 2. The number of carboxylic acid groups (broad SMARTS) is 2. The molecule has 0 spiro atoms. The Kier molecular flexibility index (Phi) is 23.3. The molecular weight excluding hydrogens is 919 g/mol. The number of halogens is 4. The predicted octanol–water partition coefficient (Wildman–Crippen LogP) is -9.02. The van der Waals surface area contributed by atoms with E-state index < -0.39 is 22.8 Å². The maximum Gasteiger partial charge on any atom is 0.0587 e. The molecule has 0 atom stereocenters. The Morgan fingerprint density at radius 2 is 0.684 bits per heavy atom. The van der Waals surface area contributed by atoms with Crippen LogP contribution in [0.3, 0.4) is 0 Å². The van der Waals surface area contributed by atoms with E-state index in [1.54, 1.807) is 12.1 Å². The molecule has 8 rings (SSSR count). The van der Waals surface area contributed by atoms with Crippen LogP contribution in [0.15, 0.2) is 0 Å². The molecule has 6 nitrogen and oxygen atoms in total. The Balaban J connectivity index is -0.000000223. The molecule has 12 heteroatoms. The van der Waals surface area contributed by atoms with Gasteiger partial charge in [-0.2, -0.15) is 10.5 Å². The molecule has 0 aromatic carbocycles. The summed E-state index contributed by atoms with van der Waals surface area (Å²) in [6.45, 7) is 2.86. The van der Waals surface area contributed by atoms with Gasteiger partial charge in [0.05, 0.1) is 12.1 Å². The Hall–Kier alpha value is 0.405. The Morgan fingerprint density at radius 3 is 0.789 bits per heavy atom. The second-order valence-electron chi connectivity index (χ2n) is 11.4. The summed E-state index contributed by atoms with van der Waals surface area (Å²) in [6, 6.07) is 3.50. The van der Waals surface area contributed by atoms with Gasteiger partial charge in [-0.25, -0.2) is 0 Å². The molecule has 0 heterocycles. The second kappa shape index (κ2) is 19.5. The molecule has 0 saturated heterocycles. The summed E-state index contributed by atoms with van der Waals surface area (Å²) >= 11 is 0. The first-order valence-corrected chi connectivity index (χ1v) is 12.2. The fourth-order valence-electron chi connectivity index (χ4n) is 8.72. The molecule has 8 fully saturated rings. The fraction of sp³-hybridized carbons (Fsp3) is 0.846. The third-order valence-corrected chi connectivity index (χ3v) is 8.94. The number of hydrogen-bond acceptors (Lipinski definition) is 6. The summed E-state index contributed by atoms with van der Waals surface area (Å²) in [6.07, 6.45) is 13.3. The quantitative estimate of drug-likeness (QED) is 0.271. The van der Waals surface area contributed by atoms with Crippen molar-refractivity contribution in [2.45, 2.75) is 90.9 Å². The van der Waals surface area contributed by atoms with Crippen LogP contribution >= 0.6 is 0 Å². The first-order chi connectivity index (χ1) is 15.2. The van der Waals surface area contributed by atoms with Gasteiger partial charge in [0.15, 0.2) is 0 Å². The van der Waals surface area contributed by atoms with Gasteiger partial charge in [-0.15, -0.1) is 0 Å². The Morgan fingerprint density at radius 1 is 0.553 bits per heavy atom. The summed E-state index contributed by atoms with van der Waals surface area (Å²) in [7, 11) is 0. The largest absolute Gasteiger partial charge is 1.00 e. The summed E-state index contributed by atoms with van der Waals surface area (Å²) in [5.41, 5.74) is -0.788. The molecule has 0 N–H and O–H groups in total. The van der Waals surface area contributed by atoms with Crippen molar-refractivity contribution in [3.63, 3.8) is 0 Å². The van der Waals surface area contributed by atoms with Gasteiger partial charge < -0.3 is 69.4 Å². The molecule has 0 amide bonds. The van der Waals surface area contributed by atoms with Crippen LogP contribution in [0.5, 0.6) is 0 Å². The fourth-order valence-corrected chi connectivity index (χ4v) is 8.72. The minimum absolute atomic E-state index is 0. The molecule has 38 heavy (non-hydrogen) atoms. The van der Waals surface area contributed by atoms with Crippen molar-refractivity contribution >= 4 is 11.9 Å². The number of carbonyl (C=O) groups excluding carboxylic acids is 2. The molecule has 8 saturated carbocycles. The van der Waals surface area contributed by atoms with Crippen molar-refractivity contribution in [1.82, 2.24) is 0 Å². The number of nitrogens with zero attached hydrogens (tertiary/aromatic N) is 2. The Bertz CT molecular complexity index is 683. The van der Waals surface area contributed by atoms with E-state index in [1.807, 2.05) is 0 Å². The SMILES string of the molecule is CC#N.CC#N.O=C([O-])C12CC3CC(CC(C3)C1)C2.O=C([O-])C12CC3CC(CC(C3)C1)C2.[Cl-].[Cl-].[Cl-].[Cl-].[Re].[Re]. The van der Waals surface area contributed by atoms with Gasteiger partial charge in [0.2, 0.25) is 0 Å². The Labute approximate surface area is 280 Å². The first kappa shape index (κ1) is 45.4. The van der Waals surface area contributed by atoms with Crippen molar-refractivity contribution in [1.29, 1.82) is 10.5 Å². The zero-order chi connectivity index (χ0) is 23.5. The van der Waals surface area contributed by atoms with Gasteiger partial charge in [-0.05, 0) is 113 Å². The van der Waals surface area contributed by atoms with Crippen LogP contribution in [0.4, 0.5) is 0 Å². The molecule has 2 radical (unpaired) electrons. The number of aliphatic carboxylic acids is 2. The molecule has 0 aromatic rings. The molecule has 8 aliphatic rings. The average molecular weight is 955 g/mol. The first-order valence-electron chi connectivity index (χ1n) is 12.2. The van der Waals surface area contributed by atoms with E-state index in [9.17, 15) is 19.8 Å². The predicted molar refractivity (Wildman–Crippen MR) is 114 cm³/mol. The van der Waals surface area contributed by atoms with Crippen molar-refractivity contribution in [3.05, 3.63) is 0 Å². The number of nitriles is 2. The van der Waals surface area contributed by atoms with Gasteiger partial charge in [0.1, 0.15) is 0 Å². The molecule has 0 aromatic heterocycles. The zero-order valence-corrected chi connectivity index (χ0v) is 30.2. The topological polar surface area (TPSA) is 128 Å². The zero-order valence-electron chi connectivity index (χ0n) is 21.7. The van der Waals surface area contributed by atoms with E-state index in [1.165, 1.54) is 52.4 Å². The van der Waals surface area contributed by atoms with E-state index in [0.717, 1.165) is 38.5 Å². The average Bonchev–Trinajstić information content (AvgIpc) is 2.67. The molecular formula is C26H36Cl4N2O4Re2-6. The molecule has 222 valence electrons. The van der Waals surface area contributed by atoms with E-state index in [-0.39, 0.29) is 90.5 Å². The van der Waals surface area contributed by atoms with Crippen LogP contribution in [-0.2, 0) is 50.4 Å². The molecule has 0 unspecified atom stereocenters. The van der Waals surface area contributed by atoms with Gasteiger partial charge in [0, 0.05) is 77.5 Å². The van der Waals surface area contributed by atoms with E-state index >= 15 is 0 Å². The molecule has 8 bridgehead atoms. The number of carboxylic acids is 2. The third kappa shape index (κ3) is 10.3. The molecule has 0 aliphatic heterocycles.